The predicted octanol–water partition coefficient (Wildman–Crippen LogP) is 1.55. The molecule has 2 aromatic rings. The van der Waals surface area contributed by atoms with Crippen LogP contribution in [0, 0.1) is 0 Å². The van der Waals surface area contributed by atoms with Crippen LogP contribution in [-0.4, -0.2) is 28.6 Å². The van der Waals surface area contributed by atoms with Crippen molar-refractivity contribution in [2.45, 2.75) is 6.54 Å². The molecule has 0 aliphatic carbocycles. The predicted molar refractivity (Wildman–Crippen MR) is 67.0 cm³/mol. The van der Waals surface area contributed by atoms with E-state index in [1.165, 1.54) is 0 Å². The third-order valence-electron chi connectivity index (χ3n) is 2.31. The number of thiazole rings is 1. The first-order valence-electron chi connectivity index (χ1n) is 5.00. The van der Waals surface area contributed by atoms with E-state index in [2.05, 4.69) is 19.9 Å². The van der Waals surface area contributed by atoms with Gasteiger partial charge in [-0.3, -0.25) is 0 Å². The number of aromatic nitrogens is 3. The fourth-order valence-electron chi connectivity index (χ4n) is 1.49. The van der Waals surface area contributed by atoms with Gasteiger partial charge in [0.1, 0.15) is 0 Å². The van der Waals surface area contributed by atoms with Crippen molar-refractivity contribution in [3.05, 3.63) is 23.5 Å². The van der Waals surface area contributed by atoms with Gasteiger partial charge in [0.2, 0.25) is 5.95 Å². The number of anilines is 2. The molecule has 0 aliphatic rings. The van der Waals surface area contributed by atoms with Gasteiger partial charge in [-0.25, -0.2) is 9.97 Å². The highest BCUT2D eigenvalue weighted by Gasteiger charge is 2.07. The number of rotatable bonds is 4. The molecule has 0 aliphatic heterocycles. The SMILES string of the molecule is CN(C)c1ncc(CNc2nccs2)n1C. The lowest BCUT2D eigenvalue weighted by Crippen LogP contribution is -2.15. The molecule has 0 fully saturated rings. The van der Waals surface area contributed by atoms with Crippen LogP contribution >= 0.6 is 11.3 Å². The van der Waals surface area contributed by atoms with Crippen molar-refractivity contribution < 1.29 is 0 Å². The van der Waals surface area contributed by atoms with Gasteiger partial charge >= 0.3 is 0 Å². The summed E-state index contributed by atoms with van der Waals surface area (Å²) in [6, 6.07) is 0. The smallest absolute Gasteiger partial charge is 0.204 e. The van der Waals surface area contributed by atoms with Crippen LogP contribution in [0.5, 0.6) is 0 Å². The van der Waals surface area contributed by atoms with Gasteiger partial charge in [-0.2, -0.15) is 0 Å². The van der Waals surface area contributed by atoms with Crippen molar-refractivity contribution in [1.82, 2.24) is 14.5 Å². The standard InChI is InChI=1S/C10H15N5S/c1-14(2)10-13-7-8(15(10)3)6-12-9-11-4-5-16-9/h4-5,7H,6H2,1-3H3,(H,11,12). The molecule has 5 nitrogen and oxygen atoms in total. The highest BCUT2D eigenvalue weighted by Crippen LogP contribution is 2.14. The van der Waals surface area contributed by atoms with E-state index in [-0.39, 0.29) is 0 Å². The average Bonchev–Trinajstić information content (AvgIpc) is 2.84. The third-order valence-corrected chi connectivity index (χ3v) is 3.04. The Labute approximate surface area is 98.8 Å². The van der Waals surface area contributed by atoms with E-state index in [1.807, 2.05) is 37.6 Å². The Kier molecular flexibility index (Phi) is 3.09. The van der Waals surface area contributed by atoms with Crippen LogP contribution in [-0.2, 0) is 13.6 Å². The van der Waals surface area contributed by atoms with Crippen molar-refractivity contribution >= 4 is 22.4 Å². The Balaban J connectivity index is 2.05. The average molecular weight is 237 g/mol. The van der Waals surface area contributed by atoms with Gasteiger partial charge in [0, 0.05) is 32.7 Å². The van der Waals surface area contributed by atoms with Crippen LogP contribution in [0.1, 0.15) is 5.69 Å². The number of nitrogens with zero attached hydrogens (tertiary/aromatic N) is 4. The molecule has 2 heterocycles. The van der Waals surface area contributed by atoms with Crippen LogP contribution in [0.25, 0.3) is 0 Å². The molecule has 0 aromatic carbocycles. The lowest BCUT2D eigenvalue weighted by atomic mass is 10.4. The second kappa shape index (κ2) is 4.52. The Morgan fingerprint density at radius 1 is 1.44 bits per heavy atom. The van der Waals surface area contributed by atoms with E-state index in [0.717, 1.165) is 23.3 Å². The molecule has 0 radical (unpaired) electrons. The molecular formula is C10H15N5S. The van der Waals surface area contributed by atoms with Gasteiger partial charge in [0.15, 0.2) is 5.13 Å². The highest BCUT2D eigenvalue weighted by atomic mass is 32.1. The van der Waals surface area contributed by atoms with Crippen LogP contribution in [0.2, 0.25) is 0 Å². The molecule has 86 valence electrons. The molecule has 0 bridgehead atoms. The van der Waals surface area contributed by atoms with E-state index in [9.17, 15) is 0 Å². The molecule has 1 N–H and O–H groups in total. The van der Waals surface area contributed by atoms with Gasteiger partial charge < -0.3 is 14.8 Å². The summed E-state index contributed by atoms with van der Waals surface area (Å²) >= 11 is 1.60. The lowest BCUT2D eigenvalue weighted by molar-refractivity contribution is 0.813. The Bertz CT molecular complexity index is 446. The van der Waals surface area contributed by atoms with Crippen LogP contribution in [0.15, 0.2) is 17.8 Å². The summed E-state index contributed by atoms with van der Waals surface area (Å²) in [7, 11) is 5.99. The van der Waals surface area contributed by atoms with Crippen molar-refractivity contribution in [2.24, 2.45) is 7.05 Å². The summed E-state index contributed by atoms with van der Waals surface area (Å²) in [6.45, 7) is 0.741. The summed E-state index contributed by atoms with van der Waals surface area (Å²) in [4.78, 5) is 10.5. The topological polar surface area (TPSA) is 46.0 Å². The van der Waals surface area contributed by atoms with E-state index in [1.54, 1.807) is 17.5 Å². The van der Waals surface area contributed by atoms with Crippen molar-refractivity contribution in [1.29, 1.82) is 0 Å². The second-order valence-electron chi connectivity index (χ2n) is 3.69. The first-order chi connectivity index (χ1) is 7.68. The maximum absolute atomic E-state index is 4.35. The Morgan fingerprint density at radius 3 is 2.81 bits per heavy atom. The largest absolute Gasteiger partial charge is 0.356 e. The molecule has 6 heteroatoms. The third kappa shape index (κ3) is 2.16. The minimum atomic E-state index is 0.741. The summed E-state index contributed by atoms with van der Waals surface area (Å²) in [5, 5.41) is 6.15. The zero-order valence-corrected chi connectivity index (χ0v) is 10.5. The Hall–Kier alpha value is -1.56. The molecular weight excluding hydrogens is 222 g/mol. The van der Waals surface area contributed by atoms with Gasteiger partial charge in [0.05, 0.1) is 18.4 Å². The van der Waals surface area contributed by atoms with Crippen molar-refractivity contribution in [2.75, 3.05) is 24.3 Å². The zero-order valence-electron chi connectivity index (χ0n) is 9.64. The maximum atomic E-state index is 4.35. The van der Waals surface area contributed by atoms with Gasteiger partial charge in [-0.15, -0.1) is 11.3 Å². The maximum Gasteiger partial charge on any atom is 0.204 e. The summed E-state index contributed by atoms with van der Waals surface area (Å²) in [5.74, 6) is 0.955. The molecule has 0 atom stereocenters. The fourth-order valence-corrected chi connectivity index (χ4v) is 2.02. The quantitative estimate of drug-likeness (QED) is 0.876. The molecule has 2 rings (SSSR count). The molecule has 0 unspecified atom stereocenters. The van der Waals surface area contributed by atoms with E-state index >= 15 is 0 Å². The summed E-state index contributed by atoms with van der Waals surface area (Å²) < 4.78 is 2.07. The number of hydrogen-bond acceptors (Lipinski definition) is 5. The first kappa shape index (κ1) is 10.9. The normalized spacial score (nSPS) is 10.4. The van der Waals surface area contributed by atoms with Gasteiger partial charge in [0.25, 0.3) is 0 Å². The number of nitrogens with one attached hydrogen (secondary N) is 1. The van der Waals surface area contributed by atoms with Crippen molar-refractivity contribution in [3.8, 4) is 0 Å². The zero-order chi connectivity index (χ0) is 11.5. The Morgan fingerprint density at radius 2 is 2.25 bits per heavy atom. The van der Waals surface area contributed by atoms with E-state index in [0.29, 0.717) is 0 Å². The second-order valence-corrected chi connectivity index (χ2v) is 4.59. The molecule has 0 saturated heterocycles. The highest BCUT2D eigenvalue weighted by molar-refractivity contribution is 7.13. The number of imidazole rings is 1. The summed E-state index contributed by atoms with van der Waals surface area (Å²) in [5.41, 5.74) is 1.14. The monoisotopic (exact) mass is 237 g/mol. The molecule has 0 amide bonds. The van der Waals surface area contributed by atoms with Gasteiger partial charge in [-0.05, 0) is 0 Å². The van der Waals surface area contributed by atoms with E-state index < -0.39 is 0 Å². The summed E-state index contributed by atoms with van der Waals surface area (Å²) in [6.07, 6.45) is 3.68. The molecule has 0 spiro atoms. The molecule has 16 heavy (non-hydrogen) atoms. The minimum Gasteiger partial charge on any atom is -0.356 e. The molecule has 0 saturated carbocycles. The van der Waals surface area contributed by atoms with Crippen LogP contribution in [0.3, 0.4) is 0 Å². The first-order valence-corrected chi connectivity index (χ1v) is 5.87. The van der Waals surface area contributed by atoms with Crippen molar-refractivity contribution in [3.63, 3.8) is 0 Å². The molecule has 2 aromatic heterocycles. The van der Waals surface area contributed by atoms with Crippen LogP contribution in [0.4, 0.5) is 11.1 Å². The number of hydrogen-bond donors (Lipinski definition) is 1. The van der Waals surface area contributed by atoms with Gasteiger partial charge in [-0.1, -0.05) is 0 Å². The van der Waals surface area contributed by atoms with E-state index in [4.69, 9.17) is 0 Å². The lowest BCUT2D eigenvalue weighted by Gasteiger charge is -2.12. The fraction of sp³-hybridized carbons (Fsp3) is 0.400. The minimum absolute atomic E-state index is 0.741. The van der Waals surface area contributed by atoms with Crippen LogP contribution < -0.4 is 10.2 Å².